The van der Waals surface area contributed by atoms with Crippen LogP contribution in [-0.4, -0.2) is 55.2 Å². The summed E-state index contributed by atoms with van der Waals surface area (Å²) in [5.41, 5.74) is -1.02. The third-order valence-electron chi connectivity index (χ3n) is 4.78. The maximum Gasteiger partial charge on any atom is 0.387 e. The smallest absolute Gasteiger partial charge is 0.387 e. The fourth-order valence-electron chi connectivity index (χ4n) is 3.24. The number of amides is 4. The third kappa shape index (κ3) is 4.22. The Morgan fingerprint density at radius 3 is 2.71 bits per heavy atom. The van der Waals surface area contributed by atoms with Gasteiger partial charge in [-0.1, -0.05) is 12.1 Å². The summed E-state index contributed by atoms with van der Waals surface area (Å²) in [4.78, 5) is 38.0. The van der Waals surface area contributed by atoms with Gasteiger partial charge in [0, 0.05) is 13.2 Å². The van der Waals surface area contributed by atoms with Crippen molar-refractivity contribution in [3.63, 3.8) is 0 Å². The Labute approximate surface area is 160 Å². The Kier molecular flexibility index (Phi) is 5.78. The molecule has 152 valence electrons. The number of imide groups is 1. The van der Waals surface area contributed by atoms with Gasteiger partial charge < -0.3 is 20.1 Å². The van der Waals surface area contributed by atoms with Gasteiger partial charge in [0.2, 0.25) is 5.91 Å². The number of hydrogen-bond acceptors (Lipinski definition) is 5. The van der Waals surface area contributed by atoms with Gasteiger partial charge in [0.1, 0.15) is 17.8 Å². The molecule has 0 saturated carbocycles. The summed E-state index contributed by atoms with van der Waals surface area (Å²) in [5, 5.41) is 5.21. The lowest BCUT2D eigenvalue weighted by Crippen LogP contribution is -2.44. The van der Waals surface area contributed by atoms with E-state index in [1.807, 2.05) is 0 Å². The van der Waals surface area contributed by atoms with E-state index >= 15 is 0 Å². The first-order valence-corrected chi connectivity index (χ1v) is 8.87. The van der Waals surface area contributed by atoms with Crippen LogP contribution < -0.4 is 15.4 Å². The number of halogens is 2. The standard InChI is InChI=1S/C18H21F2N3O5/c1-18(11-4-6-12(7-5-11)28-16(19)20)15(25)23(17(26)22-18)10-14(24)21-9-13-3-2-8-27-13/h4-7,13,16H,2-3,8-10H2,1H3,(H,21,24)(H,22,26)/t13-,18+/m1/s1. The Morgan fingerprint density at radius 1 is 1.39 bits per heavy atom. The highest BCUT2D eigenvalue weighted by atomic mass is 19.3. The number of nitrogens with zero attached hydrogens (tertiary/aromatic N) is 1. The zero-order valence-electron chi connectivity index (χ0n) is 15.2. The minimum atomic E-state index is -2.96. The van der Waals surface area contributed by atoms with Crippen molar-refractivity contribution in [2.75, 3.05) is 19.7 Å². The number of hydrogen-bond donors (Lipinski definition) is 2. The molecule has 2 saturated heterocycles. The number of rotatable bonds is 7. The van der Waals surface area contributed by atoms with E-state index in [4.69, 9.17) is 4.74 Å². The van der Waals surface area contributed by atoms with Crippen molar-refractivity contribution in [3.05, 3.63) is 29.8 Å². The van der Waals surface area contributed by atoms with Crippen LogP contribution in [0.2, 0.25) is 0 Å². The second-order valence-electron chi connectivity index (χ2n) is 6.79. The van der Waals surface area contributed by atoms with Gasteiger partial charge in [-0.25, -0.2) is 4.79 Å². The van der Waals surface area contributed by atoms with Crippen LogP contribution in [0.5, 0.6) is 5.75 Å². The summed E-state index contributed by atoms with van der Waals surface area (Å²) in [6, 6.07) is 4.69. The van der Waals surface area contributed by atoms with Crippen molar-refractivity contribution < 1.29 is 32.6 Å². The normalized spacial score (nSPS) is 24.6. The Hall–Kier alpha value is -2.75. The van der Waals surface area contributed by atoms with Gasteiger partial charge in [0.15, 0.2) is 0 Å². The van der Waals surface area contributed by atoms with Crippen molar-refractivity contribution in [1.29, 1.82) is 0 Å². The third-order valence-corrected chi connectivity index (χ3v) is 4.78. The lowest BCUT2D eigenvalue weighted by Gasteiger charge is -2.22. The fraction of sp³-hybridized carbons (Fsp3) is 0.500. The molecule has 2 aliphatic heterocycles. The molecule has 0 radical (unpaired) electrons. The van der Waals surface area contributed by atoms with Crippen LogP contribution in [0.15, 0.2) is 24.3 Å². The van der Waals surface area contributed by atoms with Crippen LogP contribution in [0.1, 0.15) is 25.3 Å². The molecule has 3 rings (SSSR count). The van der Waals surface area contributed by atoms with Gasteiger partial charge in [0.25, 0.3) is 5.91 Å². The van der Waals surface area contributed by atoms with Crippen molar-refractivity contribution in [3.8, 4) is 5.75 Å². The van der Waals surface area contributed by atoms with E-state index in [-0.39, 0.29) is 11.9 Å². The number of urea groups is 1. The largest absolute Gasteiger partial charge is 0.435 e. The number of benzene rings is 1. The quantitative estimate of drug-likeness (QED) is 0.677. The highest BCUT2D eigenvalue weighted by Crippen LogP contribution is 2.30. The van der Waals surface area contributed by atoms with Gasteiger partial charge in [-0.05, 0) is 37.5 Å². The first-order chi connectivity index (χ1) is 13.3. The zero-order chi connectivity index (χ0) is 20.3. The van der Waals surface area contributed by atoms with Crippen molar-refractivity contribution in [2.24, 2.45) is 0 Å². The SMILES string of the molecule is C[C@@]1(c2ccc(OC(F)F)cc2)NC(=O)N(CC(=O)NC[C@H]2CCCO2)C1=O. The topological polar surface area (TPSA) is 97.0 Å². The number of nitrogens with one attached hydrogen (secondary N) is 2. The number of alkyl halides is 2. The summed E-state index contributed by atoms with van der Waals surface area (Å²) in [6.07, 6.45) is 1.74. The molecular formula is C18H21F2N3O5. The van der Waals surface area contributed by atoms with Gasteiger partial charge in [0.05, 0.1) is 6.10 Å². The molecular weight excluding hydrogens is 376 g/mol. The molecule has 4 amide bonds. The lowest BCUT2D eigenvalue weighted by molar-refractivity contribution is -0.134. The van der Waals surface area contributed by atoms with Crippen LogP contribution >= 0.6 is 0 Å². The highest BCUT2D eigenvalue weighted by molar-refractivity contribution is 6.09. The number of carbonyl (C=O) groups is 3. The predicted molar refractivity (Wildman–Crippen MR) is 92.7 cm³/mol. The van der Waals surface area contributed by atoms with E-state index in [0.717, 1.165) is 17.7 Å². The molecule has 28 heavy (non-hydrogen) atoms. The summed E-state index contributed by atoms with van der Waals surface area (Å²) in [7, 11) is 0. The van der Waals surface area contributed by atoms with Gasteiger partial charge >= 0.3 is 12.6 Å². The van der Waals surface area contributed by atoms with Crippen molar-refractivity contribution in [2.45, 2.75) is 38.0 Å². The molecule has 2 aliphatic rings. The minimum Gasteiger partial charge on any atom is -0.435 e. The maximum absolute atomic E-state index is 12.8. The molecule has 2 N–H and O–H groups in total. The average Bonchev–Trinajstić information content (AvgIpc) is 3.23. The van der Waals surface area contributed by atoms with Gasteiger partial charge in [-0.3, -0.25) is 14.5 Å². The molecule has 0 bridgehead atoms. The van der Waals surface area contributed by atoms with E-state index in [2.05, 4.69) is 15.4 Å². The Balaban J connectivity index is 1.63. The van der Waals surface area contributed by atoms with Crippen LogP contribution in [0.4, 0.5) is 13.6 Å². The summed E-state index contributed by atoms with van der Waals surface area (Å²) in [5.74, 6) is -1.14. The molecule has 0 unspecified atom stereocenters. The summed E-state index contributed by atoms with van der Waals surface area (Å²) >= 11 is 0. The molecule has 2 heterocycles. The lowest BCUT2D eigenvalue weighted by atomic mass is 9.92. The zero-order valence-corrected chi connectivity index (χ0v) is 15.2. The Bertz CT molecular complexity index is 752. The van der Waals surface area contributed by atoms with Crippen LogP contribution in [0, 0.1) is 0 Å². The monoisotopic (exact) mass is 397 g/mol. The molecule has 1 aromatic carbocycles. The van der Waals surface area contributed by atoms with E-state index in [1.54, 1.807) is 0 Å². The van der Waals surface area contributed by atoms with Crippen LogP contribution in [0.25, 0.3) is 0 Å². The van der Waals surface area contributed by atoms with E-state index in [0.29, 0.717) is 18.7 Å². The van der Waals surface area contributed by atoms with Crippen molar-refractivity contribution >= 4 is 17.8 Å². The molecule has 0 aromatic heterocycles. The number of carbonyl (C=O) groups excluding carboxylic acids is 3. The molecule has 2 fully saturated rings. The first kappa shape index (κ1) is 20.0. The fourth-order valence-corrected chi connectivity index (χ4v) is 3.24. The summed E-state index contributed by atoms with van der Waals surface area (Å²) in [6.45, 7) is -0.906. The highest BCUT2D eigenvalue weighted by Gasteiger charge is 2.49. The second kappa shape index (κ2) is 8.09. The van der Waals surface area contributed by atoms with Gasteiger partial charge in [-0.2, -0.15) is 8.78 Å². The van der Waals surface area contributed by atoms with E-state index in [1.165, 1.54) is 31.2 Å². The molecule has 2 atom stereocenters. The molecule has 10 heteroatoms. The first-order valence-electron chi connectivity index (χ1n) is 8.87. The minimum absolute atomic E-state index is 0.0497. The van der Waals surface area contributed by atoms with E-state index in [9.17, 15) is 23.2 Å². The molecule has 8 nitrogen and oxygen atoms in total. The predicted octanol–water partition coefficient (Wildman–Crippen LogP) is 1.35. The van der Waals surface area contributed by atoms with E-state index < -0.39 is 36.5 Å². The van der Waals surface area contributed by atoms with Crippen molar-refractivity contribution in [1.82, 2.24) is 15.5 Å². The average molecular weight is 397 g/mol. The molecule has 0 aliphatic carbocycles. The van der Waals surface area contributed by atoms with Crippen LogP contribution in [-0.2, 0) is 19.9 Å². The number of ether oxygens (including phenoxy) is 2. The Morgan fingerprint density at radius 2 is 2.11 bits per heavy atom. The van der Waals surface area contributed by atoms with Gasteiger partial charge in [-0.15, -0.1) is 0 Å². The summed E-state index contributed by atoms with van der Waals surface area (Å²) < 4.78 is 34.2. The molecule has 0 spiro atoms. The van der Waals surface area contributed by atoms with Crippen LogP contribution in [0.3, 0.4) is 0 Å². The second-order valence-corrected chi connectivity index (χ2v) is 6.79. The maximum atomic E-state index is 12.8. The molecule has 1 aromatic rings.